The van der Waals surface area contributed by atoms with E-state index in [2.05, 4.69) is 15.6 Å². The molecule has 1 aromatic heterocycles. The number of amides is 1. The number of hydrogen-bond acceptors (Lipinski definition) is 4. The van der Waals surface area contributed by atoms with Crippen LogP contribution in [-0.2, 0) is 4.74 Å². The maximum atomic E-state index is 12.1. The van der Waals surface area contributed by atoms with E-state index >= 15 is 0 Å². The molecule has 2 rings (SSSR count). The first-order valence-corrected chi connectivity index (χ1v) is 6.13. The van der Waals surface area contributed by atoms with Gasteiger partial charge in [0.25, 0.3) is 5.91 Å². The van der Waals surface area contributed by atoms with Crippen LogP contribution in [0.3, 0.4) is 0 Å². The average molecular weight is 249 g/mol. The number of nitrogens with one attached hydrogen (secondary N) is 2. The summed E-state index contributed by atoms with van der Waals surface area (Å²) in [5.41, 5.74) is 0.271. The molecular weight excluding hydrogens is 230 g/mol. The number of anilines is 1. The van der Waals surface area contributed by atoms with E-state index in [0.29, 0.717) is 12.2 Å². The molecule has 18 heavy (non-hydrogen) atoms. The number of carbonyl (C=O) groups excluding carboxylic acids is 1. The zero-order valence-electron chi connectivity index (χ0n) is 11.0. The first-order chi connectivity index (χ1) is 8.55. The predicted octanol–water partition coefficient (Wildman–Crippen LogP) is 1.42. The topological polar surface area (TPSA) is 63.2 Å². The lowest BCUT2D eigenvalue weighted by atomic mass is 9.94. The molecule has 2 atom stereocenters. The van der Waals surface area contributed by atoms with Crippen molar-refractivity contribution in [2.45, 2.75) is 31.9 Å². The zero-order valence-corrected chi connectivity index (χ0v) is 11.0. The Hall–Kier alpha value is -1.62. The van der Waals surface area contributed by atoms with Crippen LogP contribution in [-0.4, -0.2) is 36.2 Å². The molecule has 0 radical (unpaired) electrons. The Bertz CT molecular complexity index is 432. The second-order valence-electron chi connectivity index (χ2n) is 4.82. The van der Waals surface area contributed by atoms with Gasteiger partial charge in [0.15, 0.2) is 0 Å². The van der Waals surface area contributed by atoms with E-state index in [-0.39, 0.29) is 17.6 Å². The first kappa shape index (κ1) is 12.8. The fourth-order valence-electron chi connectivity index (χ4n) is 2.01. The normalized spacial score (nSPS) is 26.9. The molecule has 0 aromatic carbocycles. The van der Waals surface area contributed by atoms with Crippen LogP contribution in [0.4, 0.5) is 5.82 Å². The lowest BCUT2D eigenvalue weighted by molar-refractivity contribution is 0.0727. The van der Waals surface area contributed by atoms with Gasteiger partial charge in [0, 0.05) is 19.9 Å². The summed E-state index contributed by atoms with van der Waals surface area (Å²) in [7, 11) is 1.79. The van der Waals surface area contributed by atoms with Gasteiger partial charge >= 0.3 is 0 Å². The first-order valence-electron chi connectivity index (χ1n) is 6.13. The molecule has 2 heterocycles. The number of nitrogens with zero attached hydrogens (tertiary/aromatic N) is 1. The summed E-state index contributed by atoms with van der Waals surface area (Å²) in [6.07, 6.45) is 2.44. The van der Waals surface area contributed by atoms with E-state index in [1.807, 2.05) is 13.8 Å². The zero-order chi connectivity index (χ0) is 13.2. The van der Waals surface area contributed by atoms with Crippen LogP contribution in [0.1, 0.15) is 30.6 Å². The molecule has 1 amide bonds. The molecule has 2 N–H and O–H groups in total. The van der Waals surface area contributed by atoms with Gasteiger partial charge in [-0.3, -0.25) is 4.79 Å². The molecule has 0 bridgehead atoms. The summed E-state index contributed by atoms with van der Waals surface area (Å²) >= 11 is 0. The van der Waals surface area contributed by atoms with Crippen molar-refractivity contribution in [3.63, 3.8) is 0 Å². The lowest BCUT2D eigenvalue weighted by Gasteiger charge is -2.28. The van der Waals surface area contributed by atoms with Crippen LogP contribution >= 0.6 is 0 Å². The van der Waals surface area contributed by atoms with E-state index < -0.39 is 0 Å². The Morgan fingerprint density at radius 1 is 1.56 bits per heavy atom. The van der Waals surface area contributed by atoms with Gasteiger partial charge in [0.05, 0.1) is 17.2 Å². The Morgan fingerprint density at radius 2 is 2.33 bits per heavy atom. The molecule has 2 unspecified atom stereocenters. The van der Waals surface area contributed by atoms with Gasteiger partial charge in [0.2, 0.25) is 0 Å². The van der Waals surface area contributed by atoms with Gasteiger partial charge in [-0.25, -0.2) is 4.98 Å². The Kier molecular flexibility index (Phi) is 3.52. The van der Waals surface area contributed by atoms with Crippen molar-refractivity contribution in [2.24, 2.45) is 0 Å². The summed E-state index contributed by atoms with van der Waals surface area (Å²) in [6, 6.07) is 3.55. The predicted molar refractivity (Wildman–Crippen MR) is 69.7 cm³/mol. The van der Waals surface area contributed by atoms with Gasteiger partial charge in [0.1, 0.15) is 5.82 Å². The fraction of sp³-hybridized carbons (Fsp3) is 0.538. The fourth-order valence-corrected chi connectivity index (χ4v) is 2.01. The third-order valence-electron chi connectivity index (χ3n) is 3.57. The number of rotatable bonds is 3. The van der Waals surface area contributed by atoms with E-state index in [1.165, 1.54) is 0 Å². The minimum atomic E-state index is -0.293. The highest BCUT2D eigenvalue weighted by molar-refractivity contribution is 5.94. The highest BCUT2D eigenvalue weighted by Gasteiger charge is 2.38. The van der Waals surface area contributed by atoms with Crippen molar-refractivity contribution in [2.75, 3.05) is 19.0 Å². The summed E-state index contributed by atoms with van der Waals surface area (Å²) in [5.74, 6) is 0.639. The van der Waals surface area contributed by atoms with Gasteiger partial charge < -0.3 is 15.4 Å². The minimum absolute atomic E-state index is 0.0333. The molecule has 0 aliphatic carbocycles. The average Bonchev–Trinajstić information content (AvgIpc) is 2.69. The summed E-state index contributed by atoms with van der Waals surface area (Å²) < 4.78 is 5.50. The monoisotopic (exact) mass is 249 g/mol. The second kappa shape index (κ2) is 4.94. The number of ether oxygens (including phenoxy) is 1. The molecule has 5 nitrogen and oxygen atoms in total. The summed E-state index contributed by atoms with van der Waals surface area (Å²) in [6.45, 7) is 4.68. The SMILES string of the molecule is CNc1ccc(C(=O)NC2(C)CCOC2C)cn1. The van der Waals surface area contributed by atoms with Crippen LogP contribution in [0.5, 0.6) is 0 Å². The molecule has 0 spiro atoms. The van der Waals surface area contributed by atoms with Gasteiger partial charge in [-0.2, -0.15) is 0 Å². The highest BCUT2D eigenvalue weighted by Crippen LogP contribution is 2.25. The third-order valence-corrected chi connectivity index (χ3v) is 3.57. The van der Waals surface area contributed by atoms with Crippen molar-refractivity contribution < 1.29 is 9.53 Å². The molecule has 1 aliphatic rings. The molecule has 0 saturated carbocycles. The van der Waals surface area contributed by atoms with E-state index in [9.17, 15) is 4.79 Å². The smallest absolute Gasteiger partial charge is 0.253 e. The standard InChI is InChI=1S/C13H19N3O2/c1-9-13(2,6-7-18-9)16-12(17)10-4-5-11(14-3)15-8-10/h4-5,8-9H,6-7H2,1-3H3,(H,14,15)(H,16,17). The molecule has 5 heteroatoms. The third kappa shape index (κ3) is 2.46. The maximum absolute atomic E-state index is 12.1. The van der Waals surface area contributed by atoms with Gasteiger partial charge in [-0.05, 0) is 32.4 Å². The van der Waals surface area contributed by atoms with E-state index in [4.69, 9.17) is 4.74 Å². The molecule has 1 fully saturated rings. The highest BCUT2D eigenvalue weighted by atomic mass is 16.5. The van der Waals surface area contributed by atoms with Crippen molar-refractivity contribution in [3.05, 3.63) is 23.9 Å². The molecule has 98 valence electrons. The van der Waals surface area contributed by atoms with E-state index in [1.54, 1.807) is 25.4 Å². The second-order valence-corrected chi connectivity index (χ2v) is 4.82. The number of hydrogen-bond donors (Lipinski definition) is 2. The Morgan fingerprint density at radius 3 is 2.83 bits per heavy atom. The molecule has 1 aromatic rings. The Balaban J connectivity index is 2.07. The number of pyridine rings is 1. The van der Waals surface area contributed by atoms with Crippen molar-refractivity contribution in [1.29, 1.82) is 0 Å². The number of carbonyl (C=O) groups is 1. The molecule has 1 saturated heterocycles. The van der Waals surface area contributed by atoms with Crippen LogP contribution in [0, 0.1) is 0 Å². The largest absolute Gasteiger partial charge is 0.376 e. The number of aromatic nitrogens is 1. The van der Waals surface area contributed by atoms with Gasteiger partial charge in [-0.1, -0.05) is 0 Å². The van der Waals surface area contributed by atoms with E-state index in [0.717, 1.165) is 12.2 Å². The van der Waals surface area contributed by atoms with Crippen LogP contribution in [0.2, 0.25) is 0 Å². The maximum Gasteiger partial charge on any atom is 0.253 e. The van der Waals surface area contributed by atoms with Crippen LogP contribution in [0.25, 0.3) is 0 Å². The quantitative estimate of drug-likeness (QED) is 0.850. The Labute approximate surface area is 107 Å². The minimum Gasteiger partial charge on any atom is -0.376 e. The summed E-state index contributed by atoms with van der Waals surface area (Å²) in [5, 5.41) is 5.95. The molecular formula is C13H19N3O2. The lowest BCUT2D eigenvalue weighted by Crippen LogP contribution is -2.50. The van der Waals surface area contributed by atoms with Crippen LogP contribution in [0.15, 0.2) is 18.3 Å². The van der Waals surface area contributed by atoms with Crippen LogP contribution < -0.4 is 10.6 Å². The molecule has 1 aliphatic heterocycles. The van der Waals surface area contributed by atoms with Crippen molar-refractivity contribution in [1.82, 2.24) is 10.3 Å². The summed E-state index contributed by atoms with van der Waals surface area (Å²) in [4.78, 5) is 16.3. The van der Waals surface area contributed by atoms with Gasteiger partial charge in [-0.15, -0.1) is 0 Å². The van der Waals surface area contributed by atoms with Crippen molar-refractivity contribution >= 4 is 11.7 Å². The van der Waals surface area contributed by atoms with Crippen molar-refractivity contribution in [3.8, 4) is 0 Å².